The van der Waals surface area contributed by atoms with Crippen molar-refractivity contribution in [3.8, 4) is 17.2 Å². The summed E-state index contributed by atoms with van der Waals surface area (Å²) in [6, 6.07) is 13.4. The van der Waals surface area contributed by atoms with Crippen molar-refractivity contribution in [3.05, 3.63) is 72.1 Å². The molecule has 0 aliphatic heterocycles. The van der Waals surface area contributed by atoms with E-state index in [0.717, 1.165) is 24.8 Å². The van der Waals surface area contributed by atoms with Crippen LogP contribution in [0.3, 0.4) is 0 Å². The summed E-state index contributed by atoms with van der Waals surface area (Å²) in [6.45, 7) is 6.28. The normalized spacial score (nSPS) is 11.6. The Hall–Kier alpha value is -3.61. The monoisotopic (exact) mass is 479 g/mol. The van der Waals surface area contributed by atoms with E-state index in [1.54, 1.807) is 51.3 Å². The fourth-order valence-corrected chi connectivity index (χ4v) is 3.59. The molecule has 3 aromatic rings. The van der Waals surface area contributed by atoms with Gasteiger partial charge in [0.25, 0.3) is 5.91 Å². The first kappa shape index (κ1) is 24.5. The van der Waals surface area contributed by atoms with Gasteiger partial charge < -0.3 is 18.8 Å². The number of nitrogens with zero attached hydrogens (tertiary/aromatic N) is 2. The second-order valence-corrected chi connectivity index (χ2v) is 8.32. The molecule has 2 heterocycles. The van der Waals surface area contributed by atoms with Gasteiger partial charge in [-0.05, 0) is 70.4 Å². The average Bonchev–Trinajstić information content (AvgIpc) is 3.40. The molecule has 2 aromatic heterocycles. The first-order chi connectivity index (χ1) is 17.3. The van der Waals surface area contributed by atoms with E-state index in [9.17, 15) is 9.59 Å². The Morgan fingerprint density at radius 2 is 1.91 bits per heavy atom. The zero-order chi connectivity index (χ0) is 26.0. The van der Waals surface area contributed by atoms with Gasteiger partial charge in [-0.1, -0.05) is 18.2 Å². The number of rotatable bonds is 13. The molecule has 3 rings (SSSR count). The highest BCUT2D eigenvalue weighted by Crippen LogP contribution is 2.23. The summed E-state index contributed by atoms with van der Waals surface area (Å²) in [4.78, 5) is 30.7. The first-order valence-electron chi connectivity index (χ1n) is 12.5. The molecule has 0 aliphatic rings. The van der Waals surface area contributed by atoms with E-state index in [-0.39, 0.29) is 18.4 Å². The number of esters is 1. The van der Waals surface area contributed by atoms with E-state index in [1.807, 2.05) is 24.3 Å². The van der Waals surface area contributed by atoms with Crippen molar-refractivity contribution in [2.75, 3.05) is 13.2 Å². The highest BCUT2D eigenvalue weighted by atomic mass is 16.5. The third kappa shape index (κ3) is 7.70. The number of hydrogen-bond acceptors (Lipinski definition) is 6. The van der Waals surface area contributed by atoms with Crippen LogP contribution in [0, 0.1) is 0 Å². The second-order valence-electron chi connectivity index (χ2n) is 8.32. The molecular weight excluding hydrogens is 444 g/mol. The minimum Gasteiger partial charge on any atom is -0.493 e. The zero-order valence-electron chi connectivity index (χ0n) is 21.7. The predicted molar refractivity (Wildman–Crippen MR) is 134 cm³/mol. The maximum atomic E-state index is 13.4. The Morgan fingerprint density at radius 1 is 1.09 bits per heavy atom. The van der Waals surface area contributed by atoms with Crippen LogP contribution in [-0.2, 0) is 16.1 Å². The number of amides is 1. The predicted octanol–water partition coefficient (Wildman–Crippen LogP) is 5.89. The molecule has 186 valence electrons. The Morgan fingerprint density at radius 3 is 2.60 bits per heavy atom. The maximum Gasteiger partial charge on any atom is 0.305 e. The molecule has 1 aromatic carbocycles. The molecule has 0 fully saturated rings. The minimum absolute atomic E-state index is 0.169. The van der Waals surface area contributed by atoms with Gasteiger partial charge in [0.15, 0.2) is 5.76 Å². The van der Waals surface area contributed by atoms with Crippen molar-refractivity contribution in [3.63, 3.8) is 0 Å². The van der Waals surface area contributed by atoms with Gasteiger partial charge in [-0.3, -0.25) is 14.6 Å². The van der Waals surface area contributed by atoms with E-state index in [0.29, 0.717) is 42.4 Å². The van der Waals surface area contributed by atoms with E-state index in [1.165, 1.54) is 11.1 Å². The van der Waals surface area contributed by atoms with Crippen molar-refractivity contribution in [2.24, 2.45) is 0 Å². The number of carbonyl (C=O) groups is 2. The van der Waals surface area contributed by atoms with Crippen molar-refractivity contribution >= 4 is 11.9 Å². The Kier molecular flexibility index (Phi) is 9.33. The Labute approximate surface area is 208 Å². The van der Waals surface area contributed by atoms with Crippen molar-refractivity contribution in [2.45, 2.75) is 59.0 Å². The molecule has 1 amide bonds. The van der Waals surface area contributed by atoms with Gasteiger partial charge in [0.05, 0.1) is 26.4 Å². The zero-order valence-corrected chi connectivity index (χ0v) is 20.7. The van der Waals surface area contributed by atoms with Crippen LogP contribution in [0.25, 0.3) is 11.5 Å². The number of aromatic nitrogens is 1. The van der Waals surface area contributed by atoms with E-state index in [2.05, 4.69) is 4.98 Å². The number of benzene rings is 1. The molecule has 0 saturated heterocycles. The molecule has 0 radical (unpaired) electrons. The summed E-state index contributed by atoms with van der Waals surface area (Å²) in [5.74, 6) is 0.842. The SMILES string of the molecule is [2H]C(C)(C)N(Cc1ccccc1OCCCCCC(=O)OCC)C(=O)c1ccc(-c2ccco2)nc1. The van der Waals surface area contributed by atoms with Crippen LogP contribution in [0.1, 0.15) is 63.7 Å². The van der Waals surface area contributed by atoms with Crippen LogP contribution in [0.2, 0.25) is 0 Å². The van der Waals surface area contributed by atoms with Crippen LogP contribution in [0.15, 0.2) is 65.4 Å². The highest BCUT2D eigenvalue weighted by Gasteiger charge is 2.21. The quantitative estimate of drug-likeness (QED) is 0.224. The fraction of sp³-hybridized carbons (Fsp3) is 0.393. The van der Waals surface area contributed by atoms with Crippen LogP contribution >= 0.6 is 0 Å². The van der Waals surface area contributed by atoms with Crippen LogP contribution in [-0.4, -0.2) is 41.0 Å². The summed E-state index contributed by atoms with van der Waals surface area (Å²) in [5.41, 5.74) is 1.85. The molecule has 0 saturated carbocycles. The molecule has 7 heteroatoms. The topological polar surface area (TPSA) is 81.9 Å². The summed E-state index contributed by atoms with van der Waals surface area (Å²) in [6.07, 6.45) is 5.91. The first-order valence-corrected chi connectivity index (χ1v) is 12.0. The van der Waals surface area contributed by atoms with E-state index in [4.69, 9.17) is 15.3 Å². The third-order valence-corrected chi connectivity index (χ3v) is 5.46. The molecule has 0 atom stereocenters. The van der Waals surface area contributed by atoms with E-state index < -0.39 is 6.02 Å². The second kappa shape index (κ2) is 13.3. The Balaban J connectivity index is 1.63. The molecule has 35 heavy (non-hydrogen) atoms. The molecule has 0 spiro atoms. The molecule has 0 N–H and O–H groups in total. The maximum absolute atomic E-state index is 13.4. The number of hydrogen-bond donors (Lipinski definition) is 0. The number of para-hydroxylation sites is 1. The molecule has 7 nitrogen and oxygen atoms in total. The molecule has 0 aliphatic carbocycles. The van der Waals surface area contributed by atoms with Gasteiger partial charge in [-0.2, -0.15) is 0 Å². The van der Waals surface area contributed by atoms with E-state index >= 15 is 0 Å². The van der Waals surface area contributed by atoms with Gasteiger partial charge >= 0.3 is 5.97 Å². The summed E-state index contributed by atoms with van der Waals surface area (Å²) >= 11 is 0. The van der Waals surface area contributed by atoms with Gasteiger partial charge in [0.2, 0.25) is 0 Å². The van der Waals surface area contributed by atoms with Gasteiger partial charge in [0, 0.05) is 30.7 Å². The number of pyridine rings is 1. The number of unbranched alkanes of at least 4 members (excludes halogenated alkanes) is 2. The van der Waals surface area contributed by atoms with Crippen LogP contribution in [0.5, 0.6) is 5.75 Å². The van der Waals surface area contributed by atoms with Gasteiger partial charge in [0.1, 0.15) is 11.4 Å². The number of furan rings is 1. The average molecular weight is 480 g/mol. The van der Waals surface area contributed by atoms with Crippen LogP contribution < -0.4 is 4.74 Å². The third-order valence-electron chi connectivity index (χ3n) is 5.46. The molecule has 0 bridgehead atoms. The lowest BCUT2D eigenvalue weighted by molar-refractivity contribution is -0.143. The number of ether oxygens (including phenoxy) is 2. The lowest BCUT2D eigenvalue weighted by atomic mass is 10.1. The lowest BCUT2D eigenvalue weighted by Gasteiger charge is -2.28. The van der Waals surface area contributed by atoms with Crippen molar-refractivity contribution < 1.29 is 24.9 Å². The van der Waals surface area contributed by atoms with Crippen LogP contribution in [0.4, 0.5) is 0 Å². The lowest BCUT2D eigenvalue weighted by Crippen LogP contribution is -2.36. The minimum atomic E-state index is -1.17. The van der Waals surface area contributed by atoms with Crippen molar-refractivity contribution in [1.29, 1.82) is 0 Å². The Bertz CT molecular complexity index is 1110. The summed E-state index contributed by atoms with van der Waals surface area (Å²) in [7, 11) is 0. The van der Waals surface area contributed by atoms with Gasteiger partial charge in [-0.25, -0.2) is 0 Å². The summed E-state index contributed by atoms with van der Waals surface area (Å²) < 4.78 is 24.9. The summed E-state index contributed by atoms with van der Waals surface area (Å²) in [5, 5.41) is 0. The standard InChI is InChI=1S/C28H34N2O5/c1-4-33-27(31)14-6-5-9-17-34-25-12-8-7-11-23(25)20-30(21(2)3)28(32)22-15-16-24(29-19-22)26-13-10-18-35-26/h7-8,10-13,15-16,18-19,21H,4-6,9,14,17,20H2,1-3H3/i21D. The van der Waals surface area contributed by atoms with Gasteiger partial charge in [-0.15, -0.1) is 0 Å². The fourth-order valence-electron chi connectivity index (χ4n) is 3.59. The van der Waals surface area contributed by atoms with Crippen molar-refractivity contribution in [1.82, 2.24) is 9.88 Å². The smallest absolute Gasteiger partial charge is 0.305 e. The number of carbonyl (C=O) groups excluding carboxylic acids is 2. The molecule has 0 unspecified atom stereocenters. The highest BCUT2D eigenvalue weighted by molar-refractivity contribution is 5.94. The largest absolute Gasteiger partial charge is 0.493 e. The molecular formula is C28H34N2O5.